The predicted octanol–water partition coefficient (Wildman–Crippen LogP) is 3.73. The maximum Gasteiger partial charge on any atom is 0.490 e. The minimum absolute atomic E-state index is 0.0734. The molecule has 10 nitrogen and oxygen atoms in total. The van der Waals surface area contributed by atoms with E-state index in [0.717, 1.165) is 34.3 Å². The number of amides is 2. The zero-order chi connectivity index (χ0) is 29.6. The summed E-state index contributed by atoms with van der Waals surface area (Å²) in [4.78, 5) is 37.4. The molecule has 2 amide bonds. The van der Waals surface area contributed by atoms with Crippen LogP contribution < -0.4 is 10.1 Å². The summed E-state index contributed by atoms with van der Waals surface area (Å²) >= 11 is 0. The highest BCUT2D eigenvalue weighted by Crippen LogP contribution is 2.36. The molecule has 0 spiro atoms. The highest BCUT2D eigenvalue weighted by molar-refractivity contribution is 6.35. The quantitative estimate of drug-likeness (QED) is 0.377. The van der Waals surface area contributed by atoms with E-state index in [1.165, 1.54) is 6.08 Å². The Morgan fingerprint density at radius 1 is 1.10 bits per heavy atom. The molecule has 2 aromatic carbocycles. The topological polar surface area (TPSA) is 128 Å². The summed E-state index contributed by atoms with van der Waals surface area (Å²) in [6.07, 6.45) is 0.0202. The van der Waals surface area contributed by atoms with E-state index in [0.29, 0.717) is 23.6 Å². The van der Waals surface area contributed by atoms with Crippen LogP contribution in [0.25, 0.3) is 28.6 Å². The molecule has 3 N–H and O–H groups in total. The predicted molar refractivity (Wildman–Crippen MR) is 145 cm³/mol. The van der Waals surface area contributed by atoms with Crippen molar-refractivity contribution in [1.29, 1.82) is 0 Å². The number of benzene rings is 2. The molecule has 1 aliphatic heterocycles. The van der Waals surface area contributed by atoms with Crippen LogP contribution >= 0.6 is 0 Å². The minimum Gasteiger partial charge on any atom is -0.497 e. The van der Waals surface area contributed by atoms with Crippen LogP contribution in [-0.2, 0) is 14.4 Å². The van der Waals surface area contributed by atoms with Crippen LogP contribution in [0.3, 0.4) is 0 Å². The lowest BCUT2D eigenvalue weighted by Gasteiger charge is -2.17. The Balaban J connectivity index is 0.000000559. The number of nitrogens with one attached hydrogen (secondary N) is 2. The Kier molecular flexibility index (Phi) is 9.32. The third kappa shape index (κ3) is 7.47. The number of carbonyl (C=O) groups is 3. The van der Waals surface area contributed by atoms with E-state index < -0.39 is 12.1 Å². The van der Waals surface area contributed by atoms with Gasteiger partial charge in [0.15, 0.2) is 0 Å². The number of carbonyl (C=O) groups excluding carboxylic acids is 2. The highest BCUT2D eigenvalue weighted by atomic mass is 19.4. The van der Waals surface area contributed by atoms with Crippen LogP contribution in [0.1, 0.15) is 16.8 Å². The number of H-pyrrole nitrogens is 1. The number of aromatic nitrogens is 2. The second-order valence-corrected chi connectivity index (χ2v) is 9.04. The molecule has 0 bridgehead atoms. The Morgan fingerprint density at radius 2 is 1.80 bits per heavy atom. The van der Waals surface area contributed by atoms with Gasteiger partial charge in [-0.25, -0.2) is 4.79 Å². The van der Waals surface area contributed by atoms with Crippen molar-refractivity contribution >= 4 is 52.1 Å². The van der Waals surface area contributed by atoms with Gasteiger partial charge in [0.1, 0.15) is 5.75 Å². The van der Waals surface area contributed by atoms with Crippen molar-refractivity contribution in [3.8, 4) is 5.75 Å². The molecule has 4 rings (SSSR count). The van der Waals surface area contributed by atoms with Crippen LogP contribution in [-0.4, -0.2) is 90.4 Å². The number of halogens is 3. The average molecular weight is 560 g/mol. The standard InChI is InChI=1S/C25H27N5O3.C2HF3O2/c1-29(2)11-12-30(3)24(31)10-9-22-18-7-5-16(14-23(18)28-27-22)13-20-19-15-17(33-4)6-8-21(19)26-25(20)32;3-2(4,5)1(6)7/h5-10,13-15H,11-12H2,1-4H3,(H,26,32)(H,27,28);(H,6,7). The molecule has 0 saturated heterocycles. The first-order chi connectivity index (χ1) is 18.8. The molecule has 1 aromatic heterocycles. The summed E-state index contributed by atoms with van der Waals surface area (Å²) in [5, 5.41) is 18.3. The van der Waals surface area contributed by atoms with E-state index in [1.54, 1.807) is 25.1 Å². The van der Waals surface area contributed by atoms with Crippen molar-refractivity contribution in [2.24, 2.45) is 0 Å². The monoisotopic (exact) mass is 559 g/mol. The SMILES string of the molecule is COc1ccc2c(c1)C(=Cc1ccc3c(C=CC(=O)N(C)CCN(C)C)n[nH]c3c1)C(=O)N2.O=C(O)C(F)(F)F. The van der Waals surface area contributed by atoms with Crippen molar-refractivity contribution in [3.63, 3.8) is 0 Å². The van der Waals surface area contributed by atoms with Crippen molar-refractivity contribution in [2.75, 3.05) is 46.7 Å². The molecule has 212 valence electrons. The van der Waals surface area contributed by atoms with Gasteiger partial charge in [-0.05, 0) is 62.1 Å². The second kappa shape index (κ2) is 12.5. The van der Waals surface area contributed by atoms with Crippen molar-refractivity contribution in [3.05, 3.63) is 59.3 Å². The normalized spacial score (nSPS) is 13.8. The number of carboxylic acids is 1. The molecular formula is C27H28F3N5O5. The molecule has 0 aliphatic carbocycles. The number of carboxylic acid groups (broad SMARTS) is 1. The van der Waals surface area contributed by atoms with Gasteiger partial charge in [-0.1, -0.05) is 6.07 Å². The molecule has 13 heteroatoms. The fraction of sp³-hybridized carbons (Fsp3) is 0.259. The van der Waals surface area contributed by atoms with Crippen LogP contribution in [0.4, 0.5) is 18.9 Å². The summed E-state index contributed by atoms with van der Waals surface area (Å²) in [5.74, 6) is -2.29. The first kappa shape index (κ1) is 29.9. The average Bonchev–Trinajstić information content (AvgIpc) is 3.44. The molecule has 0 radical (unpaired) electrons. The Morgan fingerprint density at radius 3 is 2.42 bits per heavy atom. The van der Waals surface area contributed by atoms with Crippen molar-refractivity contribution < 1.29 is 37.4 Å². The summed E-state index contributed by atoms with van der Waals surface area (Å²) in [7, 11) is 7.33. The van der Waals surface area contributed by atoms with Crippen LogP contribution in [0.15, 0.2) is 42.5 Å². The molecular weight excluding hydrogens is 531 g/mol. The van der Waals surface area contributed by atoms with E-state index in [-0.39, 0.29) is 11.8 Å². The fourth-order valence-corrected chi connectivity index (χ4v) is 3.62. The maximum absolute atomic E-state index is 12.5. The van der Waals surface area contributed by atoms with E-state index in [1.807, 2.05) is 61.5 Å². The first-order valence-electron chi connectivity index (χ1n) is 11.9. The van der Waals surface area contributed by atoms with Crippen molar-refractivity contribution in [2.45, 2.75) is 6.18 Å². The van der Waals surface area contributed by atoms with Crippen LogP contribution in [0.2, 0.25) is 0 Å². The fourth-order valence-electron chi connectivity index (χ4n) is 3.62. The number of fused-ring (bicyclic) bond motifs is 2. The number of anilines is 1. The van der Waals surface area contributed by atoms with Gasteiger partial charge in [0.25, 0.3) is 5.91 Å². The maximum atomic E-state index is 12.5. The van der Waals surface area contributed by atoms with Gasteiger partial charge in [0.2, 0.25) is 5.91 Å². The Bertz CT molecular complexity index is 1480. The molecule has 0 atom stereocenters. The van der Waals surface area contributed by atoms with E-state index in [4.69, 9.17) is 14.6 Å². The lowest BCUT2D eigenvalue weighted by Crippen LogP contribution is -2.32. The van der Waals surface area contributed by atoms with E-state index in [9.17, 15) is 22.8 Å². The first-order valence-corrected chi connectivity index (χ1v) is 11.9. The molecule has 0 unspecified atom stereocenters. The van der Waals surface area contributed by atoms with Gasteiger partial charge in [-0.2, -0.15) is 18.3 Å². The summed E-state index contributed by atoms with van der Waals surface area (Å²) in [6.45, 7) is 1.45. The largest absolute Gasteiger partial charge is 0.497 e. The number of hydrogen-bond acceptors (Lipinski definition) is 6. The molecule has 3 aromatic rings. The Hall–Kier alpha value is -4.65. The molecule has 0 fully saturated rings. The van der Waals surface area contributed by atoms with E-state index in [2.05, 4.69) is 15.5 Å². The lowest BCUT2D eigenvalue weighted by molar-refractivity contribution is -0.192. The number of alkyl halides is 3. The summed E-state index contributed by atoms with van der Waals surface area (Å²) in [6, 6.07) is 11.3. The van der Waals surface area contributed by atoms with Gasteiger partial charge in [-0.3, -0.25) is 14.7 Å². The van der Waals surface area contributed by atoms with Gasteiger partial charge in [0.05, 0.1) is 18.3 Å². The zero-order valence-electron chi connectivity index (χ0n) is 22.2. The number of aliphatic carboxylic acids is 1. The summed E-state index contributed by atoms with van der Waals surface area (Å²) < 4.78 is 37.0. The second-order valence-electron chi connectivity index (χ2n) is 9.04. The molecule has 0 saturated carbocycles. The van der Waals surface area contributed by atoms with Gasteiger partial charge < -0.3 is 25.0 Å². The van der Waals surface area contributed by atoms with Crippen LogP contribution in [0.5, 0.6) is 5.75 Å². The minimum atomic E-state index is -5.08. The number of methoxy groups -OCH3 is 1. The van der Waals surface area contributed by atoms with Crippen molar-refractivity contribution in [1.82, 2.24) is 20.0 Å². The number of likely N-dealkylation sites (N-methyl/N-ethyl adjacent to an activating group) is 2. The highest BCUT2D eigenvalue weighted by Gasteiger charge is 2.38. The molecule has 2 heterocycles. The van der Waals surface area contributed by atoms with Gasteiger partial charge in [0, 0.05) is 48.4 Å². The third-order valence-electron chi connectivity index (χ3n) is 5.82. The number of nitrogens with zero attached hydrogens (tertiary/aromatic N) is 3. The lowest BCUT2D eigenvalue weighted by atomic mass is 10.0. The van der Waals surface area contributed by atoms with Crippen LogP contribution in [0, 0.1) is 0 Å². The molecule has 1 aliphatic rings. The van der Waals surface area contributed by atoms with Gasteiger partial charge >= 0.3 is 12.1 Å². The molecule has 40 heavy (non-hydrogen) atoms. The zero-order valence-corrected chi connectivity index (χ0v) is 22.2. The van der Waals surface area contributed by atoms with E-state index >= 15 is 0 Å². The number of aromatic amines is 1. The Labute approximate surface area is 227 Å². The third-order valence-corrected chi connectivity index (χ3v) is 5.82. The number of hydrogen-bond donors (Lipinski definition) is 3. The number of ether oxygens (including phenoxy) is 1. The summed E-state index contributed by atoms with van der Waals surface area (Å²) in [5.41, 5.74) is 4.53. The van der Waals surface area contributed by atoms with Gasteiger partial charge in [-0.15, -0.1) is 0 Å². The number of rotatable bonds is 7. The smallest absolute Gasteiger partial charge is 0.490 e.